The summed E-state index contributed by atoms with van der Waals surface area (Å²) < 4.78 is 5.15. The molecule has 4 heteroatoms. The Kier molecular flexibility index (Phi) is 7.23. The quantitative estimate of drug-likeness (QED) is 0.760. The van der Waals surface area contributed by atoms with Crippen LogP contribution in [0.2, 0.25) is 0 Å². The van der Waals surface area contributed by atoms with Crippen molar-refractivity contribution in [3.05, 3.63) is 29.8 Å². The summed E-state index contributed by atoms with van der Waals surface area (Å²) in [4.78, 5) is 13.3. The van der Waals surface area contributed by atoms with Gasteiger partial charge < -0.3 is 14.7 Å². The molecule has 0 aliphatic carbocycles. The third-order valence-corrected chi connectivity index (χ3v) is 3.45. The lowest BCUT2D eigenvalue weighted by Crippen LogP contribution is -2.36. The Balaban J connectivity index is 2.56. The van der Waals surface area contributed by atoms with Gasteiger partial charge in [0.25, 0.3) is 0 Å². The Morgan fingerprint density at radius 3 is 2.29 bits per heavy atom. The molecule has 0 heterocycles. The average Bonchev–Trinajstić information content (AvgIpc) is 2.44. The highest BCUT2D eigenvalue weighted by atomic mass is 16.5. The second-order valence-corrected chi connectivity index (χ2v) is 5.99. The Labute approximate surface area is 127 Å². The normalized spacial score (nSPS) is 12.7. The van der Waals surface area contributed by atoms with Gasteiger partial charge in [-0.25, -0.2) is 0 Å². The Hall–Kier alpha value is -1.55. The van der Waals surface area contributed by atoms with Crippen LogP contribution in [-0.4, -0.2) is 42.7 Å². The second kappa shape index (κ2) is 8.67. The van der Waals surface area contributed by atoms with Crippen molar-refractivity contribution in [1.29, 1.82) is 0 Å². The van der Waals surface area contributed by atoms with Gasteiger partial charge in [0, 0.05) is 19.6 Å². The Morgan fingerprint density at radius 1 is 1.19 bits per heavy atom. The number of carbonyl (C=O) groups is 1. The van der Waals surface area contributed by atoms with Crippen LogP contribution in [0.5, 0.6) is 5.75 Å². The molecule has 118 valence electrons. The number of methoxy groups -OCH3 is 1. The van der Waals surface area contributed by atoms with Crippen LogP contribution in [0.25, 0.3) is 0 Å². The minimum Gasteiger partial charge on any atom is -0.497 e. The summed E-state index contributed by atoms with van der Waals surface area (Å²) in [5.41, 5.74) is 1.24. The molecule has 21 heavy (non-hydrogen) atoms. The molecular formula is C17H27NO3. The Bertz CT molecular complexity index is 428. The summed E-state index contributed by atoms with van der Waals surface area (Å²) in [6.07, 6.45) is 0.920. The summed E-state index contributed by atoms with van der Waals surface area (Å²) in [5.74, 6) is 0.326. The van der Waals surface area contributed by atoms with Crippen molar-refractivity contribution in [2.24, 2.45) is 11.8 Å². The van der Waals surface area contributed by atoms with Crippen LogP contribution in [0.15, 0.2) is 24.3 Å². The number of carboxylic acid groups (broad SMARTS) is 1. The van der Waals surface area contributed by atoms with Crippen LogP contribution in [0.4, 0.5) is 0 Å². The van der Waals surface area contributed by atoms with E-state index in [1.165, 1.54) is 5.56 Å². The summed E-state index contributed by atoms with van der Waals surface area (Å²) in [5, 5.41) is 9.07. The van der Waals surface area contributed by atoms with E-state index in [-0.39, 0.29) is 5.92 Å². The van der Waals surface area contributed by atoms with E-state index in [1.54, 1.807) is 14.0 Å². The van der Waals surface area contributed by atoms with Gasteiger partial charge >= 0.3 is 5.97 Å². The van der Waals surface area contributed by atoms with Crippen LogP contribution in [0.1, 0.15) is 26.3 Å². The number of aliphatic carboxylic acids is 1. The van der Waals surface area contributed by atoms with Crippen molar-refractivity contribution in [3.8, 4) is 5.75 Å². The molecule has 0 amide bonds. The predicted molar refractivity (Wildman–Crippen MR) is 84.8 cm³/mol. The third-order valence-electron chi connectivity index (χ3n) is 3.45. The molecule has 0 bridgehead atoms. The zero-order chi connectivity index (χ0) is 15.8. The highest BCUT2D eigenvalue weighted by Gasteiger charge is 2.16. The first-order valence-electron chi connectivity index (χ1n) is 7.50. The van der Waals surface area contributed by atoms with E-state index in [1.807, 2.05) is 12.1 Å². The lowest BCUT2D eigenvalue weighted by atomic mass is 10.1. The van der Waals surface area contributed by atoms with Crippen molar-refractivity contribution in [3.63, 3.8) is 0 Å². The van der Waals surface area contributed by atoms with Crippen LogP contribution in [-0.2, 0) is 11.2 Å². The molecule has 1 aromatic rings. The summed E-state index contributed by atoms with van der Waals surface area (Å²) in [7, 11) is 1.66. The van der Waals surface area contributed by atoms with Gasteiger partial charge in [-0.3, -0.25) is 4.79 Å². The number of rotatable bonds is 9. The zero-order valence-electron chi connectivity index (χ0n) is 13.5. The molecule has 0 spiro atoms. The maximum absolute atomic E-state index is 11.0. The SMILES string of the molecule is COc1ccc(CCN(CC(C)C)CC(C)C(=O)O)cc1. The number of benzene rings is 1. The molecular weight excluding hydrogens is 266 g/mol. The van der Waals surface area contributed by atoms with Crippen LogP contribution in [0.3, 0.4) is 0 Å². The van der Waals surface area contributed by atoms with Gasteiger partial charge in [0.1, 0.15) is 5.75 Å². The van der Waals surface area contributed by atoms with E-state index < -0.39 is 5.97 Å². The summed E-state index contributed by atoms with van der Waals surface area (Å²) in [6, 6.07) is 8.05. The standard InChI is InChI=1S/C17H27NO3/c1-13(2)11-18(12-14(3)17(19)20)10-9-15-5-7-16(21-4)8-6-15/h5-8,13-14H,9-12H2,1-4H3,(H,19,20). The van der Waals surface area contributed by atoms with Gasteiger partial charge in [-0.05, 0) is 30.0 Å². The van der Waals surface area contributed by atoms with Gasteiger partial charge in [0.2, 0.25) is 0 Å². The van der Waals surface area contributed by atoms with Crippen molar-refractivity contribution in [1.82, 2.24) is 4.90 Å². The van der Waals surface area contributed by atoms with Crippen molar-refractivity contribution >= 4 is 5.97 Å². The fourth-order valence-corrected chi connectivity index (χ4v) is 2.32. The maximum atomic E-state index is 11.0. The molecule has 0 aliphatic rings. The fourth-order valence-electron chi connectivity index (χ4n) is 2.32. The first-order valence-corrected chi connectivity index (χ1v) is 7.50. The van der Waals surface area contributed by atoms with Gasteiger partial charge in [0.05, 0.1) is 13.0 Å². The van der Waals surface area contributed by atoms with E-state index in [9.17, 15) is 4.79 Å². The second-order valence-electron chi connectivity index (χ2n) is 5.99. The molecule has 0 aromatic heterocycles. The minimum absolute atomic E-state index is 0.334. The van der Waals surface area contributed by atoms with E-state index in [0.717, 1.165) is 25.3 Å². The molecule has 1 unspecified atom stereocenters. The molecule has 0 fully saturated rings. The lowest BCUT2D eigenvalue weighted by molar-refractivity contribution is -0.141. The summed E-state index contributed by atoms with van der Waals surface area (Å²) >= 11 is 0. The topological polar surface area (TPSA) is 49.8 Å². The maximum Gasteiger partial charge on any atom is 0.307 e. The van der Waals surface area contributed by atoms with E-state index in [2.05, 4.69) is 30.9 Å². The number of carboxylic acids is 1. The summed E-state index contributed by atoms with van der Waals surface area (Å²) in [6.45, 7) is 8.49. The molecule has 1 atom stereocenters. The molecule has 1 N–H and O–H groups in total. The van der Waals surface area contributed by atoms with E-state index in [4.69, 9.17) is 9.84 Å². The van der Waals surface area contributed by atoms with Crippen molar-refractivity contribution in [2.45, 2.75) is 27.2 Å². The van der Waals surface area contributed by atoms with E-state index >= 15 is 0 Å². The van der Waals surface area contributed by atoms with Gasteiger partial charge in [-0.15, -0.1) is 0 Å². The lowest BCUT2D eigenvalue weighted by Gasteiger charge is -2.26. The van der Waals surface area contributed by atoms with Crippen LogP contribution >= 0.6 is 0 Å². The predicted octanol–water partition coefficient (Wildman–Crippen LogP) is 2.92. The number of hydrogen-bond acceptors (Lipinski definition) is 3. The molecule has 1 aromatic carbocycles. The minimum atomic E-state index is -0.729. The number of hydrogen-bond donors (Lipinski definition) is 1. The molecule has 4 nitrogen and oxygen atoms in total. The first-order chi connectivity index (χ1) is 9.92. The highest BCUT2D eigenvalue weighted by Crippen LogP contribution is 2.13. The number of nitrogens with zero attached hydrogens (tertiary/aromatic N) is 1. The molecule has 0 radical (unpaired) electrons. The molecule has 0 saturated carbocycles. The Morgan fingerprint density at radius 2 is 1.81 bits per heavy atom. The average molecular weight is 293 g/mol. The van der Waals surface area contributed by atoms with Gasteiger partial charge in [-0.1, -0.05) is 32.9 Å². The molecule has 1 rings (SSSR count). The largest absolute Gasteiger partial charge is 0.497 e. The fraction of sp³-hybridized carbons (Fsp3) is 0.588. The molecule has 0 aliphatic heterocycles. The third kappa shape index (κ3) is 6.63. The molecule has 0 saturated heterocycles. The van der Waals surface area contributed by atoms with Gasteiger partial charge in [-0.2, -0.15) is 0 Å². The number of ether oxygens (including phenoxy) is 1. The first kappa shape index (κ1) is 17.5. The smallest absolute Gasteiger partial charge is 0.307 e. The monoisotopic (exact) mass is 293 g/mol. The van der Waals surface area contributed by atoms with Crippen molar-refractivity contribution in [2.75, 3.05) is 26.7 Å². The van der Waals surface area contributed by atoms with Crippen LogP contribution < -0.4 is 4.74 Å². The zero-order valence-corrected chi connectivity index (χ0v) is 13.5. The van der Waals surface area contributed by atoms with E-state index in [0.29, 0.717) is 12.5 Å². The highest BCUT2D eigenvalue weighted by molar-refractivity contribution is 5.69. The van der Waals surface area contributed by atoms with Gasteiger partial charge in [0.15, 0.2) is 0 Å². The van der Waals surface area contributed by atoms with Crippen molar-refractivity contribution < 1.29 is 14.6 Å². The van der Waals surface area contributed by atoms with Crippen LogP contribution in [0, 0.1) is 11.8 Å².